The van der Waals surface area contributed by atoms with E-state index in [-0.39, 0.29) is 61.9 Å². The fourth-order valence-electron chi connectivity index (χ4n) is 4.74. The lowest BCUT2D eigenvalue weighted by Gasteiger charge is -2.23. The van der Waals surface area contributed by atoms with Gasteiger partial charge in [-0.3, -0.25) is 14.3 Å². The largest absolute Gasteiger partial charge is 0.416 e. The van der Waals surface area contributed by atoms with Crippen LogP contribution in [0.25, 0.3) is 10.9 Å². The maximum Gasteiger partial charge on any atom is 0.416 e. The van der Waals surface area contributed by atoms with Gasteiger partial charge >= 0.3 is 6.18 Å². The first-order valence-corrected chi connectivity index (χ1v) is 14.3. The van der Waals surface area contributed by atoms with Crippen molar-refractivity contribution in [2.45, 2.75) is 43.5 Å². The molecule has 1 fully saturated rings. The number of benzene rings is 2. The van der Waals surface area contributed by atoms with Crippen LogP contribution in [0.4, 0.5) is 13.2 Å². The predicted octanol–water partition coefficient (Wildman–Crippen LogP) is 4.70. The van der Waals surface area contributed by atoms with Crippen molar-refractivity contribution in [3.63, 3.8) is 0 Å². The van der Waals surface area contributed by atoms with Gasteiger partial charge in [0.1, 0.15) is 0 Å². The topological polar surface area (TPSA) is 75.5 Å². The molecule has 4 rings (SSSR count). The standard InChI is InChI=1S/C25H27Cl2F3N4O3S/c1-4-38(36,37)21-6-5-16(26)9-15(21)11-34-14-31-23-18(24(34)35)10-20(25(28,29)30)19(22(23)27)13-33-8-7-17(12-33)32(2)3/h5-6,9-10,14,17H,4,7-8,11-13H2,1-3H3/t17-/m1/s1. The van der Waals surface area contributed by atoms with Gasteiger partial charge in [0.2, 0.25) is 0 Å². The van der Waals surface area contributed by atoms with Gasteiger partial charge in [-0.15, -0.1) is 0 Å². The molecule has 0 saturated carbocycles. The summed E-state index contributed by atoms with van der Waals surface area (Å²) in [5.41, 5.74) is -1.70. The lowest BCUT2D eigenvalue weighted by molar-refractivity contribution is -0.138. The molecular formula is C25H27Cl2F3N4O3S. The first kappa shape index (κ1) is 28.8. The van der Waals surface area contributed by atoms with Gasteiger partial charge in [-0.2, -0.15) is 13.2 Å². The Kier molecular flexibility index (Phi) is 8.17. The molecule has 0 radical (unpaired) electrons. The second kappa shape index (κ2) is 10.8. The molecule has 0 N–H and O–H groups in total. The number of nitrogens with zero attached hydrogens (tertiary/aromatic N) is 4. The van der Waals surface area contributed by atoms with E-state index < -0.39 is 27.1 Å². The third kappa shape index (κ3) is 5.72. The molecule has 2 heterocycles. The van der Waals surface area contributed by atoms with E-state index in [0.717, 1.165) is 23.4 Å². The highest BCUT2D eigenvalue weighted by Crippen LogP contribution is 2.39. The summed E-state index contributed by atoms with van der Waals surface area (Å²) in [7, 11) is 0.203. The zero-order chi connectivity index (χ0) is 28.0. The quantitative estimate of drug-likeness (QED) is 0.397. The predicted molar refractivity (Wildman–Crippen MR) is 142 cm³/mol. The zero-order valence-electron chi connectivity index (χ0n) is 21.0. The minimum absolute atomic E-state index is 0.0117. The number of likely N-dealkylation sites (tertiary alicyclic amines) is 1. The Bertz CT molecular complexity index is 1540. The molecule has 0 bridgehead atoms. The molecule has 7 nitrogen and oxygen atoms in total. The van der Waals surface area contributed by atoms with E-state index in [2.05, 4.69) is 4.98 Å². The molecule has 1 aliphatic rings. The molecule has 2 aromatic carbocycles. The highest BCUT2D eigenvalue weighted by atomic mass is 35.5. The molecule has 38 heavy (non-hydrogen) atoms. The minimum atomic E-state index is -4.75. The zero-order valence-corrected chi connectivity index (χ0v) is 23.3. The van der Waals surface area contributed by atoms with Gasteiger partial charge in [0, 0.05) is 30.7 Å². The van der Waals surface area contributed by atoms with Crippen molar-refractivity contribution >= 4 is 43.9 Å². The number of sulfone groups is 1. The number of halogens is 5. The second-order valence-corrected chi connectivity index (χ2v) is 12.6. The van der Waals surface area contributed by atoms with E-state index in [1.807, 2.05) is 23.9 Å². The van der Waals surface area contributed by atoms with Crippen molar-refractivity contribution in [1.82, 2.24) is 19.4 Å². The lowest BCUT2D eigenvalue weighted by atomic mass is 10.0. The molecule has 3 aromatic rings. The molecule has 0 spiro atoms. The van der Waals surface area contributed by atoms with Crippen LogP contribution in [0.5, 0.6) is 0 Å². The average Bonchev–Trinajstić information content (AvgIpc) is 3.31. The van der Waals surface area contributed by atoms with Crippen LogP contribution in [-0.2, 0) is 29.1 Å². The van der Waals surface area contributed by atoms with Crippen LogP contribution < -0.4 is 5.56 Å². The summed E-state index contributed by atoms with van der Waals surface area (Å²) >= 11 is 12.6. The number of rotatable bonds is 7. The fraction of sp³-hybridized carbons (Fsp3) is 0.440. The van der Waals surface area contributed by atoms with Crippen LogP contribution in [0.15, 0.2) is 40.3 Å². The SMILES string of the molecule is CCS(=O)(=O)c1ccc(Cl)cc1Cn1cnc2c(Cl)c(CN3CC[C@@H](N(C)C)C3)c(C(F)(F)F)cc2c1=O. The van der Waals surface area contributed by atoms with Crippen LogP contribution in [0.3, 0.4) is 0 Å². The summed E-state index contributed by atoms with van der Waals surface area (Å²) in [6.45, 7) is 2.41. The summed E-state index contributed by atoms with van der Waals surface area (Å²) in [5, 5.41) is -0.269. The fourth-order valence-corrected chi connectivity index (χ4v) is 6.35. The first-order chi connectivity index (χ1) is 17.7. The lowest BCUT2D eigenvalue weighted by Crippen LogP contribution is -2.31. The molecule has 0 aliphatic carbocycles. The first-order valence-electron chi connectivity index (χ1n) is 11.9. The van der Waals surface area contributed by atoms with Crippen molar-refractivity contribution in [2.75, 3.05) is 32.9 Å². The maximum atomic E-state index is 14.2. The molecule has 13 heteroatoms. The number of likely N-dealkylation sites (N-methyl/N-ethyl adjacent to an activating group) is 1. The normalized spacial score (nSPS) is 17.1. The van der Waals surface area contributed by atoms with Crippen molar-refractivity contribution in [1.29, 1.82) is 0 Å². The van der Waals surface area contributed by atoms with Gasteiger partial charge in [0.05, 0.1) is 45.0 Å². The van der Waals surface area contributed by atoms with E-state index in [4.69, 9.17) is 23.2 Å². The Hall–Kier alpha value is -2.18. The van der Waals surface area contributed by atoms with Gasteiger partial charge < -0.3 is 4.90 Å². The summed E-state index contributed by atoms with van der Waals surface area (Å²) in [4.78, 5) is 21.5. The third-order valence-electron chi connectivity index (χ3n) is 6.90. The minimum Gasteiger partial charge on any atom is -0.305 e. The highest BCUT2D eigenvalue weighted by molar-refractivity contribution is 7.91. The summed E-state index contributed by atoms with van der Waals surface area (Å²) in [6, 6.07) is 5.20. The van der Waals surface area contributed by atoms with E-state index in [0.29, 0.717) is 13.1 Å². The summed E-state index contributed by atoms with van der Waals surface area (Å²) in [5.74, 6) is -0.174. The number of alkyl halides is 3. The Labute approximate surface area is 228 Å². The average molecular weight is 591 g/mol. The summed E-state index contributed by atoms with van der Waals surface area (Å²) in [6.07, 6.45) is -2.77. The molecule has 1 aromatic heterocycles. The molecule has 1 saturated heterocycles. The van der Waals surface area contributed by atoms with Gasteiger partial charge in [-0.25, -0.2) is 13.4 Å². The van der Waals surface area contributed by atoms with Crippen LogP contribution in [0.2, 0.25) is 10.0 Å². The molecule has 0 amide bonds. The Morgan fingerprint density at radius 1 is 1.16 bits per heavy atom. The molecule has 0 unspecified atom stereocenters. The Morgan fingerprint density at radius 3 is 2.47 bits per heavy atom. The molecule has 1 atom stereocenters. The number of aromatic nitrogens is 2. The second-order valence-electron chi connectivity index (χ2n) is 9.58. The van der Waals surface area contributed by atoms with E-state index in [9.17, 15) is 26.4 Å². The van der Waals surface area contributed by atoms with E-state index in [1.54, 1.807) is 0 Å². The van der Waals surface area contributed by atoms with Crippen LogP contribution in [-0.4, -0.2) is 66.7 Å². The molecule has 1 aliphatic heterocycles. The van der Waals surface area contributed by atoms with Crippen molar-refractivity contribution in [2.24, 2.45) is 0 Å². The van der Waals surface area contributed by atoms with Crippen molar-refractivity contribution in [3.8, 4) is 0 Å². The molecular weight excluding hydrogens is 564 g/mol. The Balaban J connectivity index is 1.81. The van der Waals surface area contributed by atoms with Crippen molar-refractivity contribution in [3.05, 3.63) is 67.7 Å². The monoisotopic (exact) mass is 590 g/mol. The third-order valence-corrected chi connectivity index (χ3v) is 9.37. The van der Waals surface area contributed by atoms with Gasteiger partial charge in [-0.05, 0) is 55.9 Å². The van der Waals surface area contributed by atoms with Crippen molar-refractivity contribution < 1.29 is 21.6 Å². The maximum absolute atomic E-state index is 14.2. The number of hydrogen-bond donors (Lipinski definition) is 0. The van der Waals surface area contributed by atoms with Gasteiger partial charge in [0.15, 0.2) is 9.84 Å². The van der Waals surface area contributed by atoms with E-state index >= 15 is 0 Å². The summed E-state index contributed by atoms with van der Waals surface area (Å²) < 4.78 is 68.7. The highest BCUT2D eigenvalue weighted by Gasteiger charge is 2.37. The number of fused-ring (bicyclic) bond motifs is 1. The van der Waals surface area contributed by atoms with Gasteiger partial charge in [0.25, 0.3) is 5.56 Å². The smallest absolute Gasteiger partial charge is 0.305 e. The van der Waals surface area contributed by atoms with E-state index in [1.165, 1.54) is 25.1 Å². The van der Waals surface area contributed by atoms with Crippen LogP contribution >= 0.6 is 23.2 Å². The van der Waals surface area contributed by atoms with Crippen LogP contribution in [0, 0.1) is 0 Å². The van der Waals surface area contributed by atoms with Gasteiger partial charge in [-0.1, -0.05) is 30.1 Å². The Morgan fingerprint density at radius 2 is 1.87 bits per heavy atom. The van der Waals surface area contributed by atoms with Crippen LogP contribution in [0.1, 0.15) is 30.0 Å². The number of hydrogen-bond acceptors (Lipinski definition) is 6. The molecule has 206 valence electrons.